The fourth-order valence-electron chi connectivity index (χ4n) is 7.30. The molecule has 8 heteroatoms. The smallest absolute Gasteiger partial charge is 0.872 e. The van der Waals surface area contributed by atoms with Gasteiger partial charge in [-0.25, -0.2) is 0 Å². The number of ether oxygens (including phenoxy) is 2. The SMILES string of the molecule is C[Si](C)[N-][Si](C)C.Cc1ccccc1.[Lu+3].[O-]c1c2cccc1Cc1cccc(c1OCc1ccccc1)Cc1cccc(c1[O-])Cc1cccc(c1OCc1ccccc1)C2. The maximum Gasteiger partial charge on any atom is 3.00 e. The Bertz CT molecular complexity index is 2170. The van der Waals surface area contributed by atoms with Crippen LogP contribution in [-0.4, -0.2) is 17.9 Å². The monoisotopic (exact) mass is 999 g/mol. The van der Waals surface area contributed by atoms with Crippen LogP contribution in [0.5, 0.6) is 23.0 Å². The molecule has 0 amide bonds. The average Bonchev–Trinajstić information content (AvgIpc) is 3.24. The van der Waals surface area contributed by atoms with Gasteiger partial charge in [-0.3, -0.25) is 0 Å². The van der Waals surface area contributed by atoms with Crippen molar-refractivity contribution in [1.82, 2.24) is 0 Å². The molecule has 8 rings (SSSR count). The molecule has 0 saturated carbocycles. The third-order valence-electron chi connectivity index (χ3n) is 10.1. The summed E-state index contributed by atoms with van der Waals surface area (Å²) in [6.07, 6.45) is 1.69. The Balaban J connectivity index is 0.000000402. The largest absolute Gasteiger partial charge is 3.00 e. The van der Waals surface area contributed by atoms with Crippen LogP contribution in [0.3, 0.4) is 0 Å². The summed E-state index contributed by atoms with van der Waals surface area (Å²) in [6.45, 7) is 11.8. The zero-order valence-corrected chi connectivity index (χ0v) is 39.3. The van der Waals surface area contributed by atoms with Crippen LogP contribution in [0.4, 0.5) is 0 Å². The first-order valence-corrected chi connectivity index (χ1v) is 25.5. The summed E-state index contributed by atoms with van der Waals surface area (Å²) >= 11 is 0. The van der Waals surface area contributed by atoms with E-state index in [1.807, 2.05) is 152 Å². The topological polar surface area (TPSA) is 78.7 Å². The van der Waals surface area contributed by atoms with Crippen molar-refractivity contribution in [2.75, 3.05) is 0 Å². The molecule has 0 spiro atoms. The molecule has 0 aromatic heterocycles. The van der Waals surface area contributed by atoms with E-state index in [0.717, 1.165) is 44.9 Å². The van der Waals surface area contributed by atoms with Crippen molar-refractivity contribution in [3.63, 3.8) is 0 Å². The molecule has 2 radical (unpaired) electrons. The van der Waals surface area contributed by atoms with E-state index in [9.17, 15) is 10.2 Å². The van der Waals surface area contributed by atoms with Gasteiger partial charge in [-0.15, -0.1) is 11.5 Å². The van der Waals surface area contributed by atoms with E-state index in [1.54, 1.807) is 0 Å². The van der Waals surface area contributed by atoms with Gasteiger partial charge in [-0.05, 0) is 40.3 Å². The van der Waals surface area contributed by atoms with Gasteiger partial charge < -0.3 is 24.3 Å². The maximum absolute atomic E-state index is 14.0. The number of aryl methyl sites for hydroxylation is 1. The Hall–Kier alpha value is -4.63. The second-order valence-electron chi connectivity index (χ2n) is 15.5. The molecule has 7 aromatic rings. The van der Waals surface area contributed by atoms with E-state index in [-0.39, 0.29) is 66.3 Å². The zero-order chi connectivity index (χ0) is 42.3. The van der Waals surface area contributed by atoms with Crippen LogP contribution < -0.4 is 19.7 Å². The van der Waals surface area contributed by atoms with Gasteiger partial charge in [-0.2, -0.15) is 0 Å². The molecule has 0 heterocycles. The van der Waals surface area contributed by atoms with Crippen molar-refractivity contribution < 1.29 is 56.6 Å². The number of hydrogen-bond acceptors (Lipinski definition) is 4. The second-order valence-corrected chi connectivity index (χ2v) is 20.2. The fourth-order valence-corrected chi connectivity index (χ4v) is 10.9. The van der Waals surface area contributed by atoms with Gasteiger partial charge in [0.15, 0.2) is 0 Å². The maximum atomic E-state index is 14.0. The first kappa shape index (κ1) is 47.4. The Morgan fingerprint density at radius 3 is 0.934 bits per heavy atom. The molecular formula is C53H54LuNO4Si2. The van der Waals surface area contributed by atoms with Gasteiger partial charge in [0.25, 0.3) is 0 Å². The molecule has 1 aliphatic rings. The fraction of sp³-hybridized carbons (Fsp3) is 0.208. The normalized spacial score (nSPS) is 11.6. The van der Waals surface area contributed by atoms with Crippen LogP contribution >= 0.6 is 0 Å². The van der Waals surface area contributed by atoms with Gasteiger partial charge in [0, 0.05) is 25.7 Å². The summed E-state index contributed by atoms with van der Waals surface area (Å²) in [5.74, 6) is 1.52. The quantitative estimate of drug-likeness (QED) is 0.142. The Kier molecular flexibility index (Phi) is 18.8. The van der Waals surface area contributed by atoms with Gasteiger partial charge >= 0.3 is 36.9 Å². The molecule has 0 aliphatic heterocycles. The number of hydrogen-bond donors (Lipinski definition) is 0. The van der Waals surface area contributed by atoms with Gasteiger partial charge in [0.05, 0.1) is 0 Å². The number of para-hydroxylation sites is 4. The third-order valence-corrected chi connectivity index (χ3v) is 13.7. The summed E-state index contributed by atoms with van der Waals surface area (Å²) in [5.41, 5.74) is 9.95. The predicted molar refractivity (Wildman–Crippen MR) is 247 cm³/mol. The Morgan fingerprint density at radius 1 is 0.410 bits per heavy atom. The molecule has 318 valence electrons. The van der Waals surface area contributed by atoms with Crippen molar-refractivity contribution in [3.05, 3.63) is 230 Å². The first-order chi connectivity index (χ1) is 29.1. The van der Waals surface area contributed by atoms with Crippen molar-refractivity contribution in [2.24, 2.45) is 0 Å². The zero-order valence-electron chi connectivity index (χ0n) is 35.7. The van der Waals surface area contributed by atoms with Gasteiger partial charge in [0.1, 0.15) is 24.7 Å². The van der Waals surface area contributed by atoms with Crippen LogP contribution in [0.2, 0.25) is 26.2 Å². The number of nitrogens with zero attached hydrogens (tertiary/aromatic N) is 1. The molecule has 0 atom stereocenters. The van der Waals surface area contributed by atoms with E-state index in [1.165, 1.54) is 5.56 Å². The van der Waals surface area contributed by atoms with Crippen LogP contribution in [0.25, 0.3) is 4.65 Å². The minimum Gasteiger partial charge on any atom is -0.872 e. The first-order valence-electron chi connectivity index (χ1n) is 20.6. The molecule has 8 bridgehead atoms. The van der Waals surface area contributed by atoms with E-state index in [4.69, 9.17) is 9.47 Å². The average molecular weight is 1000 g/mol. The Labute approximate surface area is 396 Å². The summed E-state index contributed by atoms with van der Waals surface area (Å²) in [6, 6.07) is 54.0. The van der Waals surface area contributed by atoms with E-state index >= 15 is 0 Å². The van der Waals surface area contributed by atoms with Crippen molar-refractivity contribution >= 4 is 17.9 Å². The Morgan fingerprint density at radius 2 is 0.689 bits per heavy atom. The number of benzene rings is 7. The number of rotatable bonds is 8. The van der Waals surface area contributed by atoms with Crippen molar-refractivity contribution in [1.29, 1.82) is 0 Å². The molecule has 0 N–H and O–H groups in total. The van der Waals surface area contributed by atoms with E-state index < -0.39 is 0 Å². The third kappa shape index (κ3) is 14.2. The van der Waals surface area contributed by atoms with Crippen LogP contribution in [-0.2, 0) is 38.9 Å². The molecule has 0 fully saturated rings. The van der Waals surface area contributed by atoms with Crippen LogP contribution in [0.15, 0.2) is 164 Å². The van der Waals surface area contributed by atoms with Crippen molar-refractivity contribution in [2.45, 2.75) is 72.0 Å². The van der Waals surface area contributed by atoms with Gasteiger partial charge in [0.2, 0.25) is 0 Å². The summed E-state index contributed by atoms with van der Waals surface area (Å²) in [5, 5.41) is 28.0. The molecular weight excluding hydrogens is 946 g/mol. The van der Waals surface area contributed by atoms with Crippen molar-refractivity contribution in [3.8, 4) is 23.0 Å². The predicted octanol–water partition coefficient (Wildman–Crippen LogP) is 11.5. The molecule has 0 unspecified atom stereocenters. The van der Waals surface area contributed by atoms with E-state index in [2.05, 4.69) is 49.9 Å². The van der Waals surface area contributed by atoms with Gasteiger partial charge in [-0.1, -0.05) is 236 Å². The molecule has 5 nitrogen and oxygen atoms in total. The minimum atomic E-state index is -0.264. The molecule has 7 aromatic carbocycles. The summed E-state index contributed by atoms with van der Waals surface area (Å²) < 4.78 is 17.5. The second kappa shape index (κ2) is 24.1. The molecule has 61 heavy (non-hydrogen) atoms. The molecule has 0 saturated heterocycles. The number of fused-ring (bicyclic) bond motifs is 8. The molecule has 1 aliphatic carbocycles. The van der Waals surface area contributed by atoms with Crippen LogP contribution in [0, 0.1) is 43.8 Å². The standard InChI is InChI=1S/C42H36O4.C7H8.C4H12NSi2.Lu/c43-39-31-15-7-17-33(39)25-37-21-10-22-38(42(37)46-28-30-13-5-2-6-14-30)26-34-18-8-16-32(40(34)44)24-36-20-9-19-35(23-31)41(36)45-27-29-11-3-1-4-12-29;1-7-5-3-2-4-6-7;1-6(2)5-7(3)4;/h1-22,43-44H,23-28H2;2-6H,1H3;1-4H3;/q;;-1;+3/p-2. The van der Waals surface area contributed by atoms with Crippen LogP contribution in [0.1, 0.15) is 61.2 Å². The summed E-state index contributed by atoms with van der Waals surface area (Å²) in [7, 11) is -0.528. The minimum absolute atomic E-state index is 0. The van der Waals surface area contributed by atoms with E-state index in [0.29, 0.717) is 61.2 Å². The summed E-state index contributed by atoms with van der Waals surface area (Å²) in [4.78, 5) is 0.